The van der Waals surface area contributed by atoms with Gasteiger partial charge in [-0.05, 0) is 36.8 Å². The normalized spacial score (nSPS) is 20.8. The van der Waals surface area contributed by atoms with Crippen molar-refractivity contribution in [1.82, 2.24) is 0 Å². The number of fused-ring (bicyclic) bond motifs is 3. The van der Waals surface area contributed by atoms with Crippen molar-refractivity contribution < 1.29 is 4.74 Å². The van der Waals surface area contributed by atoms with Crippen molar-refractivity contribution in [2.24, 2.45) is 11.0 Å². The first kappa shape index (κ1) is 15.2. The first-order chi connectivity index (χ1) is 12.8. The predicted octanol–water partition coefficient (Wildman–Crippen LogP) is 4.97. The van der Waals surface area contributed by atoms with Gasteiger partial charge in [0.15, 0.2) is 0 Å². The Morgan fingerprint density at radius 3 is 2.42 bits per heavy atom. The molecule has 5 rings (SSSR count). The number of hydrazone groups is 1. The molecule has 0 spiro atoms. The average molecular weight is 340 g/mol. The first-order valence-electron chi connectivity index (χ1n) is 9.03. The smallest absolute Gasteiger partial charge is 0.128 e. The van der Waals surface area contributed by atoms with Crippen LogP contribution in [-0.2, 0) is 0 Å². The Bertz CT molecular complexity index is 963. The number of aryl methyl sites for hydroxylation is 1. The molecule has 0 radical (unpaired) electrons. The van der Waals surface area contributed by atoms with Crippen LogP contribution in [0.4, 0.5) is 5.69 Å². The second-order valence-corrected chi connectivity index (χ2v) is 6.93. The summed E-state index contributed by atoms with van der Waals surface area (Å²) in [6.45, 7) is 2.77. The summed E-state index contributed by atoms with van der Waals surface area (Å²) in [6, 6.07) is 27.5. The molecule has 2 aliphatic rings. The van der Waals surface area contributed by atoms with E-state index >= 15 is 0 Å². The fourth-order valence-corrected chi connectivity index (χ4v) is 3.92. The van der Waals surface area contributed by atoms with Crippen molar-refractivity contribution in [2.75, 3.05) is 11.6 Å². The Hall–Kier alpha value is -3.07. The molecule has 0 saturated carbocycles. The van der Waals surface area contributed by atoms with Crippen LogP contribution in [0.15, 0.2) is 84.0 Å². The molecule has 3 aromatic carbocycles. The Balaban J connectivity index is 1.65. The zero-order valence-corrected chi connectivity index (χ0v) is 14.7. The largest absolute Gasteiger partial charge is 0.492 e. The van der Waals surface area contributed by atoms with Crippen molar-refractivity contribution in [2.45, 2.75) is 13.0 Å². The molecule has 0 aliphatic carbocycles. The van der Waals surface area contributed by atoms with Crippen LogP contribution in [0.25, 0.3) is 0 Å². The fourth-order valence-electron chi connectivity index (χ4n) is 3.92. The molecule has 3 nitrogen and oxygen atoms in total. The minimum absolute atomic E-state index is 0.140. The molecule has 0 saturated heterocycles. The number of nitrogens with zero attached hydrogens (tertiary/aromatic N) is 2. The van der Waals surface area contributed by atoms with E-state index in [0.29, 0.717) is 6.61 Å². The molecule has 2 atom stereocenters. The summed E-state index contributed by atoms with van der Waals surface area (Å²) >= 11 is 0. The van der Waals surface area contributed by atoms with Gasteiger partial charge in [-0.15, -0.1) is 0 Å². The third kappa shape index (κ3) is 2.39. The van der Waals surface area contributed by atoms with Gasteiger partial charge in [-0.1, -0.05) is 60.2 Å². The van der Waals surface area contributed by atoms with E-state index in [-0.39, 0.29) is 12.0 Å². The first-order valence-corrected chi connectivity index (χ1v) is 9.03. The van der Waals surface area contributed by atoms with Gasteiger partial charge in [-0.25, -0.2) is 0 Å². The molecule has 3 heteroatoms. The van der Waals surface area contributed by atoms with E-state index in [1.165, 1.54) is 11.1 Å². The van der Waals surface area contributed by atoms with Gasteiger partial charge in [0.05, 0.1) is 30.0 Å². The molecular weight excluding hydrogens is 320 g/mol. The van der Waals surface area contributed by atoms with Crippen LogP contribution in [0.2, 0.25) is 0 Å². The van der Waals surface area contributed by atoms with Crippen LogP contribution in [-0.4, -0.2) is 12.3 Å². The van der Waals surface area contributed by atoms with Crippen molar-refractivity contribution >= 4 is 11.4 Å². The number of ether oxygens (including phenoxy) is 1. The van der Waals surface area contributed by atoms with Crippen LogP contribution in [0, 0.1) is 12.8 Å². The van der Waals surface area contributed by atoms with Crippen LogP contribution in [0.1, 0.15) is 22.7 Å². The lowest BCUT2D eigenvalue weighted by molar-refractivity contribution is 0.260. The Kier molecular flexibility index (Phi) is 3.52. The molecular formula is C23H20N2O. The Morgan fingerprint density at radius 1 is 0.885 bits per heavy atom. The third-order valence-electron chi connectivity index (χ3n) is 5.23. The lowest BCUT2D eigenvalue weighted by Crippen LogP contribution is -2.32. The van der Waals surface area contributed by atoms with E-state index in [4.69, 9.17) is 9.84 Å². The van der Waals surface area contributed by atoms with Crippen molar-refractivity contribution in [1.29, 1.82) is 0 Å². The van der Waals surface area contributed by atoms with Gasteiger partial charge in [0.25, 0.3) is 0 Å². The maximum Gasteiger partial charge on any atom is 0.128 e. The van der Waals surface area contributed by atoms with Gasteiger partial charge in [0.2, 0.25) is 0 Å². The minimum atomic E-state index is 0.140. The highest BCUT2D eigenvalue weighted by molar-refractivity contribution is 6.07. The zero-order chi connectivity index (χ0) is 17.5. The standard InChI is InChI=1S/C23H20N2O/c1-16-11-13-17(14-12-16)23-20-15-26-21-10-6-5-9-19(21)22(20)24-25(23)18-7-3-2-4-8-18/h2-14,20,23H,15H2,1H3/t20-,23+/m1/s1. The van der Waals surface area contributed by atoms with E-state index in [1.807, 2.05) is 18.2 Å². The minimum Gasteiger partial charge on any atom is -0.492 e. The topological polar surface area (TPSA) is 24.8 Å². The summed E-state index contributed by atoms with van der Waals surface area (Å²) < 4.78 is 6.09. The summed E-state index contributed by atoms with van der Waals surface area (Å²) in [5.74, 6) is 1.15. The lowest BCUT2D eigenvalue weighted by Gasteiger charge is -2.30. The molecule has 0 amide bonds. The van der Waals surface area contributed by atoms with E-state index in [9.17, 15) is 0 Å². The van der Waals surface area contributed by atoms with Crippen LogP contribution >= 0.6 is 0 Å². The monoisotopic (exact) mass is 340 g/mol. The second kappa shape index (κ2) is 6.03. The predicted molar refractivity (Wildman–Crippen MR) is 105 cm³/mol. The molecule has 2 heterocycles. The highest BCUT2D eigenvalue weighted by Crippen LogP contribution is 2.44. The van der Waals surface area contributed by atoms with Gasteiger partial charge in [0.1, 0.15) is 5.75 Å². The molecule has 26 heavy (non-hydrogen) atoms. The van der Waals surface area contributed by atoms with Crippen molar-refractivity contribution in [3.8, 4) is 5.75 Å². The van der Waals surface area contributed by atoms with Gasteiger partial charge >= 0.3 is 0 Å². The van der Waals surface area contributed by atoms with Gasteiger partial charge < -0.3 is 4.74 Å². The highest BCUT2D eigenvalue weighted by atomic mass is 16.5. The molecule has 0 unspecified atom stereocenters. The number of hydrogen-bond acceptors (Lipinski definition) is 3. The molecule has 2 aliphatic heterocycles. The molecule has 0 N–H and O–H groups in total. The molecule has 0 fully saturated rings. The maximum absolute atomic E-state index is 6.09. The van der Waals surface area contributed by atoms with Crippen LogP contribution in [0.5, 0.6) is 5.75 Å². The maximum atomic E-state index is 6.09. The second-order valence-electron chi connectivity index (χ2n) is 6.93. The van der Waals surface area contributed by atoms with E-state index in [0.717, 1.165) is 22.7 Å². The fraction of sp³-hybridized carbons (Fsp3) is 0.174. The highest BCUT2D eigenvalue weighted by Gasteiger charge is 2.43. The summed E-state index contributed by atoms with van der Waals surface area (Å²) in [5, 5.41) is 7.23. The van der Waals surface area contributed by atoms with Crippen molar-refractivity contribution in [3.63, 3.8) is 0 Å². The zero-order valence-electron chi connectivity index (χ0n) is 14.7. The lowest BCUT2D eigenvalue weighted by atomic mass is 9.85. The number of hydrogen-bond donors (Lipinski definition) is 0. The van der Waals surface area contributed by atoms with E-state index in [2.05, 4.69) is 72.6 Å². The van der Waals surface area contributed by atoms with Crippen LogP contribution < -0.4 is 9.75 Å². The van der Waals surface area contributed by atoms with Gasteiger partial charge in [0, 0.05) is 5.56 Å². The summed E-state index contributed by atoms with van der Waals surface area (Å²) in [6.07, 6.45) is 0. The number of benzene rings is 3. The molecule has 0 aromatic heterocycles. The number of rotatable bonds is 2. The van der Waals surface area contributed by atoms with Crippen LogP contribution in [0.3, 0.4) is 0 Å². The summed E-state index contributed by atoms with van der Waals surface area (Å²) in [4.78, 5) is 0. The number of para-hydroxylation sites is 2. The summed E-state index contributed by atoms with van der Waals surface area (Å²) in [5.41, 5.74) is 5.88. The van der Waals surface area contributed by atoms with Gasteiger partial charge in [-0.2, -0.15) is 5.10 Å². The SMILES string of the molecule is Cc1ccc([C@H]2[C@@H]3COc4ccccc4C3=NN2c2ccccc2)cc1. The number of anilines is 1. The Morgan fingerprint density at radius 2 is 1.62 bits per heavy atom. The Labute approximate surface area is 153 Å². The molecule has 3 aromatic rings. The van der Waals surface area contributed by atoms with E-state index < -0.39 is 0 Å². The third-order valence-corrected chi connectivity index (χ3v) is 5.23. The molecule has 0 bridgehead atoms. The average Bonchev–Trinajstić information content (AvgIpc) is 3.09. The molecule has 128 valence electrons. The van der Waals surface area contributed by atoms with Crippen molar-refractivity contribution in [3.05, 3.63) is 95.6 Å². The summed E-state index contributed by atoms with van der Waals surface area (Å²) in [7, 11) is 0. The van der Waals surface area contributed by atoms with Gasteiger partial charge in [-0.3, -0.25) is 5.01 Å². The quantitative estimate of drug-likeness (QED) is 0.658. The van der Waals surface area contributed by atoms with E-state index in [1.54, 1.807) is 0 Å².